The molecular weight excluding hydrogens is 326 g/mol. The Hall–Kier alpha value is -2.79. The van der Waals surface area contributed by atoms with Crippen LogP contribution in [0.5, 0.6) is 0 Å². The summed E-state index contributed by atoms with van der Waals surface area (Å²) in [6, 6.07) is 15.6. The van der Waals surface area contributed by atoms with Gasteiger partial charge in [-0.3, -0.25) is 4.79 Å². The fourth-order valence-corrected chi connectivity index (χ4v) is 5.85. The van der Waals surface area contributed by atoms with E-state index in [0.717, 1.165) is 21.6 Å². The summed E-state index contributed by atoms with van der Waals surface area (Å²) in [7, 11) is 0. The molecule has 128 valence electrons. The van der Waals surface area contributed by atoms with Gasteiger partial charge >= 0.3 is 0 Å². The number of fused-ring (bicyclic) bond motifs is 3. The Morgan fingerprint density at radius 3 is 2.73 bits per heavy atom. The third kappa shape index (κ3) is 1.25. The van der Waals surface area contributed by atoms with E-state index in [9.17, 15) is 9.70 Å². The van der Waals surface area contributed by atoms with Crippen LogP contribution in [0.1, 0.15) is 18.1 Å². The highest BCUT2D eigenvalue weighted by Gasteiger charge is 2.75. The van der Waals surface area contributed by atoms with E-state index in [1.54, 1.807) is 6.07 Å². The van der Waals surface area contributed by atoms with Gasteiger partial charge in [0.15, 0.2) is 11.3 Å². The van der Waals surface area contributed by atoms with Gasteiger partial charge in [0.2, 0.25) is 0 Å². The maximum absolute atomic E-state index is 13.5. The zero-order valence-corrected chi connectivity index (χ0v) is 14.4. The van der Waals surface area contributed by atoms with Crippen LogP contribution in [-0.4, -0.2) is 29.2 Å². The smallest absolute Gasteiger partial charge is 0.279 e. The van der Waals surface area contributed by atoms with E-state index in [1.165, 1.54) is 0 Å². The van der Waals surface area contributed by atoms with E-state index in [-0.39, 0.29) is 11.7 Å². The summed E-state index contributed by atoms with van der Waals surface area (Å²) in [4.78, 5) is 26.9. The summed E-state index contributed by atoms with van der Waals surface area (Å²) < 4.78 is 0.995. The van der Waals surface area contributed by atoms with E-state index in [1.807, 2.05) is 37.3 Å². The van der Waals surface area contributed by atoms with Gasteiger partial charge in [0.25, 0.3) is 11.4 Å². The molecule has 3 unspecified atom stereocenters. The van der Waals surface area contributed by atoms with Crippen molar-refractivity contribution in [1.29, 1.82) is 0 Å². The van der Waals surface area contributed by atoms with Gasteiger partial charge in [0, 0.05) is 35.7 Å². The van der Waals surface area contributed by atoms with Crippen LogP contribution in [0.25, 0.3) is 5.57 Å². The predicted octanol–water partition coefficient (Wildman–Crippen LogP) is 2.75. The van der Waals surface area contributed by atoms with Crippen LogP contribution >= 0.6 is 0 Å². The molecule has 6 rings (SSSR count). The molecule has 3 aliphatic heterocycles. The highest BCUT2D eigenvalue weighted by atomic mass is 16.3. The van der Waals surface area contributed by atoms with E-state index in [4.69, 9.17) is 0 Å². The number of anilines is 1. The highest BCUT2D eigenvalue weighted by Crippen LogP contribution is 2.63. The van der Waals surface area contributed by atoms with Crippen LogP contribution in [0.3, 0.4) is 0 Å². The second-order valence-electron chi connectivity index (χ2n) is 7.77. The minimum atomic E-state index is -0.597. The molecule has 0 amide bonds. The molecule has 3 heterocycles. The van der Waals surface area contributed by atoms with Gasteiger partial charge in [0.1, 0.15) is 5.57 Å². The molecule has 2 aromatic rings. The first-order valence-electron chi connectivity index (χ1n) is 9.06. The first kappa shape index (κ1) is 14.4. The predicted molar refractivity (Wildman–Crippen MR) is 98.2 cm³/mol. The molecule has 5 heteroatoms. The van der Waals surface area contributed by atoms with Crippen LogP contribution < -0.4 is 10.6 Å². The minimum absolute atomic E-state index is 0.0728. The van der Waals surface area contributed by atoms with Gasteiger partial charge in [-0.05, 0) is 17.7 Å². The number of nitroso groups, excluding NO2 is 1. The summed E-state index contributed by atoms with van der Waals surface area (Å²) in [5, 5.41) is 7.16. The van der Waals surface area contributed by atoms with Crippen molar-refractivity contribution in [3.05, 3.63) is 70.3 Å². The second-order valence-corrected chi connectivity index (χ2v) is 7.77. The van der Waals surface area contributed by atoms with Gasteiger partial charge in [-0.2, -0.15) is 0 Å². The molecule has 0 spiro atoms. The fourth-order valence-electron chi connectivity index (χ4n) is 5.85. The molecule has 4 aliphatic rings. The Balaban J connectivity index is 1.73. The number of ketones is 1. The lowest BCUT2D eigenvalue weighted by atomic mass is 9.56. The maximum atomic E-state index is 13.5. The molecule has 1 saturated heterocycles. The quantitative estimate of drug-likeness (QED) is 0.722. The second kappa shape index (κ2) is 4.30. The Labute approximate surface area is 150 Å². The van der Waals surface area contributed by atoms with Crippen molar-refractivity contribution in [3.63, 3.8) is 0 Å². The van der Waals surface area contributed by atoms with E-state index < -0.39 is 11.0 Å². The molecule has 0 saturated carbocycles. The van der Waals surface area contributed by atoms with Gasteiger partial charge in [-0.1, -0.05) is 37.3 Å². The lowest BCUT2D eigenvalue weighted by Crippen LogP contribution is -2.61. The Morgan fingerprint density at radius 2 is 1.85 bits per heavy atom. The lowest BCUT2D eigenvalue weighted by Gasteiger charge is -2.44. The molecule has 0 bridgehead atoms. The van der Waals surface area contributed by atoms with Crippen molar-refractivity contribution in [2.45, 2.75) is 17.9 Å². The van der Waals surface area contributed by atoms with Crippen molar-refractivity contribution >= 4 is 22.7 Å². The summed E-state index contributed by atoms with van der Waals surface area (Å²) >= 11 is 0. The molecule has 1 aliphatic carbocycles. The summed E-state index contributed by atoms with van der Waals surface area (Å²) in [6.07, 6.45) is 0. The summed E-state index contributed by atoms with van der Waals surface area (Å²) in [6.45, 7) is 3.34. The van der Waals surface area contributed by atoms with E-state index in [0.29, 0.717) is 30.0 Å². The Morgan fingerprint density at radius 1 is 1.08 bits per heavy atom. The van der Waals surface area contributed by atoms with E-state index in [2.05, 4.69) is 22.8 Å². The standard InChI is InChI=1S/C21H18N3O2/c1-12-18(25)17-13-6-2-5-9-16(13)24(26)19(17)21-11-22-10-20(12,21)14-7-3-4-8-15(14)23-21/h2-9,12,22-23H,10-11H2,1H3/q+1. The van der Waals surface area contributed by atoms with Crippen molar-refractivity contribution in [2.75, 3.05) is 18.4 Å². The molecule has 26 heavy (non-hydrogen) atoms. The van der Waals surface area contributed by atoms with Crippen molar-refractivity contribution in [3.8, 4) is 0 Å². The SMILES string of the molecule is CC1C(=O)C2=C([N+](=O)c3ccccc32)C23CNCC12c1ccccc1N3. The molecule has 3 atom stereocenters. The average Bonchev–Trinajstić information content (AvgIpc) is 3.26. The summed E-state index contributed by atoms with van der Waals surface area (Å²) in [5.41, 5.74) is 3.67. The van der Waals surface area contributed by atoms with Crippen LogP contribution in [-0.2, 0) is 10.2 Å². The van der Waals surface area contributed by atoms with E-state index >= 15 is 0 Å². The van der Waals surface area contributed by atoms with Gasteiger partial charge < -0.3 is 10.6 Å². The number of hydrogen-bond donors (Lipinski definition) is 2. The maximum Gasteiger partial charge on any atom is 0.279 e. The van der Waals surface area contributed by atoms with Gasteiger partial charge in [0.05, 0.1) is 15.7 Å². The van der Waals surface area contributed by atoms with Crippen molar-refractivity contribution < 1.29 is 9.55 Å². The summed E-state index contributed by atoms with van der Waals surface area (Å²) in [5.74, 6) is -0.143. The Kier molecular flexibility index (Phi) is 2.38. The Bertz CT molecular complexity index is 1070. The monoisotopic (exact) mass is 344 g/mol. The van der Waals surface area contributed by atoms with Crippen LogP contribution in [0.4, 0.5) is 11.4 Å². The van der Waals surface area contributed by atoms with Crippen LogP contribution in [0.15, 0.2) is 54.2 Å². The number of carbonyl (C=O) groups excluding carboxylic acids is 1. The van der Waals surface area contributed by atoms with Gasteiger partial charge in [-0.15, -0.1) is 0 Å². The lowest BCUT2D eigenvalue weighted by molar-refractivity contribution is -0.413. The molecule has 2 N–H and O–H groups in total. The molecule has 1 fully saturated rings. The third-order valence-electron chi connectivity index (χ3n) is 6.93. The number of Topliss-reactive ketones (excluding diaryl/α,β-unsaturated/α-hetero) is 1. The third-order valence-corrected chi connectivity index (χ3v) is 6.93. The first-order valence-corrected chi connectivity index (χ1v) is 9.06. The molecule has 0 aromatic heterocycles. The zero-order valence-electron chi connectivity index (χ0n) is 14.4. The van der Waals surface area contributed by atoms with Crippen molar-refractivity contribution in [1.82, 2.24) is 5.32 Å². The fraction of sp³-hybridized carbons (Fsp3) is 0.286. The highest BCUT2D eigenvalue weighted by molar-refractivity contribution is 6.26. The van der Waals surface area contributed by atoms with Crippen LogP contribution in [0, 0.1) is 10.8 Å². The number of rotatable bonds is 0. The average molecular weight is 344 g/mol. The molecule has 2 aromatic carbocycles. The molecule has 0 radical (unpaired) electrons. The minimum Gasteiger partial charge on any atom is -0.368 e. The first-order chi connectivity index (χ1) is 12.6. The number of allylic oxidation sites excluding steroid dienone is 1. The number of para-hydroxylation sites is 2. The van der Waals surface area contributed by atoms with Gasteiger partial charge in [-0.25, -0.2) is 0 Å². The normalized spacial score (nSPS) is 33.3. The van der Waals surface area contributed by atoms with Crippen LogP contribution in [0.2, 0.25) is 0 Å². The number of benzene rings is 2. The molecular formula is C21H18N3O2+. The number of nitrogens with one attached hydrogen (secondary N) is 2. The zero-order chi connectivity index (χ0) is 17.7. The number of hydrogen-bond acceptors (Lipinski definition) is 4. The number of nitrogens with zero attached hydrogens (tertiary/aromatic N) is 1. The topological polar surface area (TPSA) is 61.2 Å². The van der Waals surface area contributed by atoms with Crippen molar-refractivity contribution in [2.24, 2.45) is 5.92 Å². The largest absolute Gasteiger partial charge is 0.368 e. The number of carbonyl (C=O) groups is 1. The molecule has 5 nitrogen and oxygen atoms in total.